The second kappa shape index (κ2) is 11.6. The molecule has 1 heterocycles. The average molecular weight is 480 g/mol. The van der Waals surface area contributed by atoms with Gasteiger partial charge in [0.25, 0.3) is 5.91 Å². The van der Waals surface area contributed by atoms with Gasteiger partial charge in [0.1, 0.15) is 0 Å². The first-order chi connectivity index (χ1) is 14.6. The van der Waals surface area contributed by atoms with Crippen molar-refractivity contribution in [2.24, 2.45) is 0 Å². The van der Waals surface area contributed by atoms with Gasteiger partial charge in [-0.05, 0) is 73.7 Å². The van der Waals surface area contributed by atoms with Crippen LogP contribution in [0.4, 0.5) is 0 Å². The number of nitrogens with zero attached hydrogens (tertiary/aromatic N) is 1. The van der Waals surface area contributed by atoms with Gasteiger partial charge in [-0.15, -0.1) is 24.2 Å². The number of amides is 1. The van der Waals surface area contributed by atoms with Crippen molar-refractivity contribution < 1.29 is 4.79 Å². The molecular formula is C25H32Cl2N2OS. The van der Waals surface area contributed by atoms with Gasteiger partial charge in [-0.25, -0.2) is 0 Å². The molecule has 6 heteroatoms. The highest BCUT2D eigenvalue weighted by atomic mass is 35.5. The van der Waals surface area contributed by atoms with E-state index < -0.39 is 0 Å². The van der Waals surface area contributed by atoms with E-state index in [2.05, 4.69) is 23.5 Å². The molecule has 0 aromatic heterocycles. The summed E-state index contributed by atoms with van der Waals surface area (Å²) in [6.07, 6.45) is 8.13. The molecule has 0 bridgehead atoms. The molecular weight excluding hydrogens is 447 g/mol. The maximum absolute atomic E-state index is 12.9. The lowest BCUT2D eigenvalue weighted by molar-refractivity contribution is 0.0696. The molecule has 4 rings (SSSR count). The Hall–Kier alpha value is -1.20. The fraction of sp³-hybridized carbons (Fsp3) is 0.480. The van der Waals surface area contributed by atoms with Crippen LogP contribution in [0, 0.1) is 0 Å². The quantitative estimate of drug-likeness (QED) is 0.523. The average Bonchev–Trinajstić information content (AvgIpc) is 3.04. The molecule has 1 fully saturated rings. The minimum Gasteiger partial charge on any atom is -0.339 e. The lowest BCUT2D eigenvalue weighted by Crippen LogP contribution is -2.38. The van der Waals surface area contributed by atoms with Gasteiger partial charge in [-0.2, -0.15) is 0 Å². The maximum Gasteiger partial charge on any atom is 0.253 e. The fourth-order valence-corrected chi connectivity index (χ4v) is 6.06. The van der Waals surface area contributed by atoms with Crippen molar-refractivity contribution in [2.45, 2.75) is 61.6 Å². The van der Waals surface area contributed by atoms with Gasteiger partial charge < -0.3 is 10.2 Å². The van der Waals surface area contributed by atoms with Crippen LogP contribution in [-0.4, -0.2) is 37.0 Å². The van der Waals surface area contributed by atoms with Crippen LogP contribution in [0.5, 0.6) is 0 Å². The number of hydrogen-bond donors (Lipinski definition) is 1. The predicted octanol–water partition coefficient (Wildman–Crippen LogP) is 6.15. The smallest absolute Gasteiger partial charge is 0.253 e. The van der Waals surface area contributed by atoms with Gasteiger partial charge in [0, 0.05) is 29.3 Å². The van der Waals surface area contributed by atoms with Gasteiger partial charge in [0.15, 0.2) is 0 Å². The van der Waals surface area contributed by atoms with E-state index in [4.69, 9.17) is 11.6 Å². The Balaban J connectivity index is 0.00000272. The zero-order chi connectivity index (χ0) is 20.9. The number of benzene rings is 2. The minimum absolute atomic E-state index is 0. The summed E-state index contributed by atoms with van der Waals surface area (Å²) in [6, 6.07) is 12.8. The molecule has 31 heavy (non-hydrogen) atoms. The third-order valence-corrected chi connectivity index (χ3v) is 8.12. The molecule has 2 aromatic carbocycles. The van der Waals surface area contributed by atoms with E-state index in [9.17, 15) is 4.79 Å². The molecule has 0 spiro atoms. The highest BCUT2D eigenvalue weighted by Crippen LogP contribution is 2.36. The molecule has 1 amide bonds. The predicted molar refractivity (Wildman–Crippen MR) is 134 cm³/mol. The molecule has 0 radical (unpaired) electrons. The van der Waals surface area contributed by atoms with Crippen LogP contribution >= 0.6 is 35.8 Å². The van der Waals surface area contributed by atoms with Crippen molar-refractivity contribution in [3.63, 3.8) is 0 Å². The summed E-state index contributed by atoms with van der Waals surface area (Å²) in [7, 11) is 1.96. The molecule has 0 unspecified atom stereocenters. The number of halogens is 2. The van der Waals surface area contributed by atoms with Crippen LogP contribution in [0.2, 0.25) is 5.02 Å². The van der Waals surface area contributed by atoms with E-state index in [0.29, 0.717) is 6.04 Å². The highest BCUT2D eigenvalue weighted by molar-refractivity contribution is 7.98. The highest BCUT2D eigenvalue weighted by Gasteiger charge is 2.23. The first kappa shape index (κ1) is 24.4. The molecule has 0 saturated heterocycles. The summed E-state index contributed by atoms with van der Waals surface area (Å²) in [4.78, 5) is 16.0. The lowest BCUT2D eigenvalue weighted by atomic mass is 9.94. The molecule has 0 atom stereocenters. The summed E-state index contributed by atoms with van der Waals surface area (Å²) < 4.78 is 0. The van der Waals surface area contributed by atoms with E-state index in [1.54, 1.807) is 0 Å². The van der Waals surface area contributed by atoms with Crippen molar-refractivity contribution in [3.05, 3.63) is 63.7 Å². The number of nitrogens with one attached hydrogen (secondary N) is 1. The van der Waals surface area contributed by atoms with Crippen molar-refractivity contribution in [2.75, 3.05) is 20.1 Å². The summed E-state index contributed by atoms with van der Waals surface area (Å²) in [5.74, 6) is 1.00. The second-order valence-electron chi connectivity index (χ2n) is 8.46. The number of carbonyl (C=O) groups excluding carboxylic acids is 1. The number of fused-ring (bicyclic) bond motifs is 1. The molecule has 168 valence electrons. The number of carbonyl (C=O) groups is 1. The Bertz CT molecular complexity index is 882. The van der Waals surface area contributed by atoms with Crippen molar-refractivity contribution in [1.29, 1.82) is 0 Å². The third-order valence-electron chi connectivity index (χ3n) is 6.46. The van der Waals surface area contributed by atoms with Crippen LogP contribution in [0.1, 0.15) is 59.2 Å². The van der Waals surface area contributed by atoms with Crippen molar-refractivity contribution in [1.82, 2.24) is 10.2 Å². The Morgan fingerprint density at radius 1 is 1.06 bits per heavy atom. The van der Waals surface area contributed by atoms with Gasteiger partial charge in [0.05, 0.1) is 5.02 Å². The second-order valence-corrected chi connectivity index (χ2v) is 9.85. The largest absolute Gasteiger partial charge is 0.339 e. The summed E-state index contributed by atoms with van der Waals surface area (Å²) in [5, 5.41) is 4.32. The summed E-state index contributed by atoms with van der Waals surface area (Å²) >= 11 is 8.38. The van der Waals surface area contributed by atoms with Crippen LogP contribution < -0.4 is 5.32 Å². The molecule has 1 aliphatic heterocycles. The van der Waals surface area contributed by atoms with Crippen molar-refractivity contribution >= 4 is 41.7 Å². The standard InChI is InChI=1S/C25H31ClN2OS.ClH/c1-28(21-5-3-2-4-6-21)25(29)20-9-7-18(8-10-20)17-30-24-22-14-16-27-15-13-19(22)11-12-23(24)26;/h7-12,21,27H,2-6,13-17H2,1H3;1H. The number of thioether (sulfide) groups is 1. The van der Waals surface area contributed by atoms with Crippen LogP contribution in [0.15, 0.2) is 41.3 Å². The maximum atomic E-state index is 12.9. The monoisotopic (exact) mass is 478 g/mol. The Kier molecular flexibility index (Phi) is 9.15. The van der Waals surface area contributed by atoms with E-state index in [-0.39, 0.29) is 18.3 Å². The van der Waals surface area contributed by atoms with E-state index in [0.717, 1.165) is 55.1 Å². The minimum atomic E-state index is 0. The van der Waals surface area contributed by atoms with E-state index in [1.807, 2.05) is 41.9 Å². The summed E-state index contributed by atoms with van der Waals surface area (Å²) in [6.45, 7) is 2.04. The summed E-state index contributed by atoms with van der Waals surface area (Å²) in [5.41, 5.74) is 4.82. The molecule has 1 N–H and O–H groups in total. The third kappa shape index (κ3) is 5.98. The van der Waals surface area contributed by atoms with Gasteiger partial charge >= 0.3 is 0 Å². The normalized spacial score (nSPS) is 16.7. The molecule has 1 saturated carbocycles. The Morgan fingerprint density at radius 2 is 1.77 bits per heavy atom. The van der Waals surface area contributed by atoms with E-state index >= 15 is 0 Å². The molecule has 1 aliphatic carbocycles. The van der Waals surface area contributed by atoms with Crippen LogP contribution in [0.3, 0.4) is 0 Å². The Labute approximate surface area is 201 Å². The van der Waals surface area contributed by atoms with Crippen molar-refractivity contribution in [3.8, 4) is 0 Å². The first-order valence-corrected chi connectivity index (χ1v) is 12.5. The Morgan fingerprint density at radius 3 is 2.52 bits per heavy atom. The number of rotatable bonds is 5. The first-order valence-electron chi connectivity index (χ1n) is 11.1. The van der Waals surface area contributed by atoms with Crippen LogP contribution in [-0.2, 0) is 18.6 Å². The molecule has 2 aliphatic rings. The van der Waals surface area contributed by atoms with Gasteiger partial charge in [-0.1, -0.05) is 49.1 Å². The molecule has 2 aromatic rings. The van der Waals surface area contributed by atoms with Crippen LogP contribution in [0.25, 0.3) is 0 Å². The fourth-order valence-electron chi connectivity index (χ4n) is 4.60. The zero-order valence-corrected chi connectivity index (χ0v) is 20.6. The topological polar surface area (TPSA) is 32.3 Å². The SMILES string of the molecule is CN(C(=O)c1ccc(CSc2c(Cl)ccc3c2CCNCC3)cc1)C1CCCCC1.Cl. The van der Waals surface area contributed by atoms with E-state index in [1.165, 1.54) is 40.8 Å². The molecule has 3 nitrogen and oxygen atoms in total. The lowest BCUT2D eigenvalue weighted by Gasteiger charge is -2.31. The van der Waals surface area contributed by atoms with Gasteiger partial charge in [-0.3, -0.25) is 4.79 Å². The number of hydrogen-bond acceptors (Lipinski definition) is 3. The van der Waals surface area contributed by atoms with Gasteiger partial charge in [0.2, 0.25) is 0 Å². The zero-order valence-electron chi connectivity index (χ0n) is 18.2.